The third-order valence-electron chi connectivity index (χ3n) is 2.13. The smallest absolute Gasteiger partial charge is 0.311 e. The maximum atomic E-state index is 12.6. The van der Waals surface area contributed by atoms with Gasteiger partial charge in [-0.3, -0.25) is 9.78 Å². The minimum absolute atomic E-state index is 0.0679. The van der Waals surface area contributed by atoms with Gasteiger partial charge in [-0.2, -0.15) is 0 Å². The molecule has 0 aromatic carbocycles. The number of carbonyl (C=O) groups is 1. The Morgan fingerprint density at radius 3 is 2.76 bits per heavy atom. The summed E-state index contributed by atoms with van der Waals surface area (Å²) in [4.78, 5) is 14.8. The van der Waals surface area contributed by atoms with Crippen LogP contribution in [-0.2, 0) is 22.5 Å². The molecule has 1 heterocycles. The summed E-state index contributed by atoms with van der Waals surface area (Å²) in [6, 6.07) is 0.968. The van der Waals surface area contributed by atoms with Gasteiger partial charge in [0.2, 0.25) is 0 Å². The third-order valence-corrected chi connectivity index (χ3v) is 2.13. The van der Waals surface area contributed by atoms with E-state index < -0.39 is 23.7 Å². The van der Waals surface area contributed by atoms with Crippen LogP contribution in [0, 0.1) is 0 Å². The van der Waals surface area contributed by atoms with Crippen LogP contribution in [0.3, 0.4) is 0 Å². The first kappa shape index (κ1) is 13.3. The fourth-order valence-corrected chi connectivity index (χ4v) is 1.29. The van der Waals surface area contributed by atoms with E-state index >= 15 is 0 Å². The molecule has 0 saturated carbocycles. The summed E-state index contributed by atoms with van der Waals surface area (Å²) in [6.45, 7) is -0.194. The van der Waals surface area contributed by atoms with Gasteiger partial charge in [-0.1, -0.05) is 0 Å². The van der Waals surface area contributed by atoms with E-state index in [9.17, 15) is 18.7 Å². The van der Waals surface area contributed by atoms with Gasteiger partial charge in [-0.15, -0.1) is 0 Å². The van der Waals surface area contributed by atoms with Crippen molar-refractivity contribution in [3.8, 4) is 5.75 Å². The van der Waals surface area contributed by atoms with Crippen molar-refractivity contribution in [3.05, 3.63) is 23.0 Å². The number of carbonyl (C=O) groups excluding carboxylic acids is 1. The van der Waals surface area contributed by atoms with Gasteiger partial charge < -0.3 is 15.6 Å². The topological polar surface area (TPSA) is 85.4 Å². The first-order valence-electron chi connectivity index (χ1n) is 4.76. The Morgan fingerprint density at radius 2 is 2.29 bits per heavy atom. The molecule has 0 saturated heterocycles. The lowest BCUT2D eigenvalue weighted by Gasteiger charge is -2.10. The maximum Gasteiger partial charge on any atom is 0.311 e. The van der Waals surface area contributed by atoms with Gasteiger partial charge in [0, 0.05) is 6.54 Å². The number of ether oxygens (including phenoxy) is 1. The highest BCUT2D eigenvalue weighted by atomic mass is 19.3. The highest BCUT2D eigenvalue weighted by Crippen LogP contribution is 2.30. The van der Waals surface area contributed by atoms with Crippen molar-refractivity contribution >= 4 is 5.97 Å². The Balaban J connectivity index is 3.15. The molecule has 3 N–H and O–H groups in total. The molecule has 0 fully saturated rings. The molecule has 0 aliphatic rings. The average molecular weight is 246 g/mol. The van der Waals surface area contributed by atoms with Crippen molar-refractivity contribution in [1.82, 2.24) is 4.98 Å². The second kappa shape index (κ2) is 5.53. The van der Waals surface area contributed by atoms with Gasteiger partial charge >= 0.3 is 5.97 Å². The highest BCUT2D eigenvalue weighted by Gasteiger charge is 2.19. The zero-order valence-electron chi connectivity index (χ0n) is 9.11. The zero-order valence-corrected chi connectivity index (χ0v) is 9.11. The molecule has 17 heavy (non-hydrogen) atoms. The number of aromatic hydroxyl groups is 1. The van der Waals surface area contributed by atoms with Crippen molar-refractivity contribution in [3.63, 3.8) is 0 Å². The van der Waals surface area contributed by atoms with Gasteiger partial charge in [0.1, 0.15) is 5.75 Å². The molecule has 0 amide bonds. The Morgan fingerprint density at radius 1 is 1.65 bits per heavy atom. The van der Waals surface area contributed by atoms with Crippen LogP contribution in [-0.4, -0.2) is 23.2 Å². The van der Waals surface area contributed by atoms with E-state index in [0.29, 0.717) is 0 Å². The van der Waals surface area contributed by atoms with Crippen LogP contribution in [0.2, 0.25) is 0 Å². The van der Waals surface area contributed by atoms with E-state index in [1.165, 1.54) is 7.11 Å². The molecule has 1 aromatic rings. The minimum Gasteiger partial charge on any atom is -0.505 e. The number of pyridine rings is 1. The van der Waals surface area contributed by atoms with Crippen LogP contribution in [0.1, 0.15) is 23.4 Å². The molecule has 0 aliphatic heterocycles. The van der Waals surface area contributed by atoms with Crippen molar-refractivity contribution in [2.24, 2.45) is 5.73 Å². The summed E-state index contributed by atoms with van der Waals surface area (Å²) >= 11 is 0. The van der Waals surface area contributed by atoms with Gasteiger partial charge in [0.05, 0.1) is 30.5 Å². The molecule has 94 valence electrons. The third kappa shape index (κ3) is 3.10. The van der Waals surface area contributed by atoms with E-state index in [2.05, 4.69) is 9.72 Å². The molecule has 0 aliphatic carbocycles. The molecule has 0 atom stereocenters. The van der Waals surface area contributed by atoms with E-state index in [1.807, 2.05) is 0 Å². The quantitative estimate of drug-likeness (QED) is 0.771. The molecule has 0 unspecified atom stereocenters. The summed E-state index contributed by atoms with van der Waals surface area (Å²) in [5.41, 5.74) is 4.70. The second-order valence-corrected chi connectivity index (χ2v) is 3.26. The van der Waals surface area contributed by atoms with E-state index in [4.69, 9.17) is 5.73 Å². The van der Waals surface area contributed by atoms with Crippen LogP contribution < -0.4 is 5.73 Å². The number of hydrogen-bond donors (Lipinski definition) is 2. The van der Waals surface area contributed by atoms with E-state index in [0.717, 1.165) is 6.07 Å². The number of aromatic nitrogens is 1. The second-order valence-electron chi connectivity index (χ2n) is 3.26. The molecular weight excluding hydrogens is 234 g/mol. The number of rotatable bonds is 4. The van der Waals surface area contributed by atoms with Crippen LogP contribution in [0.25, 0.3) is 0 Å². The SMILES string of the molecule is COC(=O)Cc1cc(C(F)F)c(O)c(CN)n1. The Bertz CT molecular complexity index is 424. The lowest BCUT2D eigenvalue weighted by molar-refractivity contribution is -0.139. The summed E-state index contributed by atoms with van der Waals surface area (Å²) in [5.74, 6) is -1.23. The molecule has 1 aromatic heterocycles. The van der Waals surface area contributed by atoms with Crippen molar-refractivity contribution in [2.45, 2.75) is 19.4 Å². The number of alkyl halides is 2. The standard InChI is InChI=1S/C10H12F2N2O3/c1-17-8(15)3-5-2-6(10(11)12)9(16)7(4-13)14-5/h2,10,16H,3-4,13H2,1H3. The lowest BCUT2D eigenvalue weighted by atomic mass is 10.1. The fraction of sp³-hybridized carbons (Fsp3) is 0.400. The van der Waals surface area contributed by atoms with Crippen molar-refractivity contribution < 1.29 is 23.4 Å². The molecular formula is C10H12F2N2O3. The minimum atomic E-state index is -2.86. The van der Waals surface area contributed by atoms with Crippen LogP contribution >= 0.6 is 0 Å². The summed E-state index contributed by atoms with van der Waals surface area (Å²) in [7, 11) is 1.18. The molecule has 0 spiro atoms. The van der Waals surface area contributed by atoms with Crippen LogP contribution in [0.5, 0.6) is 5.75 Å². The van der Waals surface area contributed by atoms with E-state index in [-0.39, 0.29) is 24.4 Å². The lowest BCUT2D eigenvalue weighted by Crippen LogP contribution is -2.10. The highest BCUT2D eigenvalue weighted by molar-refractivity contribution is 5.72. The van der Waals surface area contributed by atoms with E-state index in [1.54, 1.807) is 0 Å². The number of methoxy groups -OCH3 is 1. The van der Waals surface area contributed by atoms with Crippen LogP contribution in [0.4, 0.5) is 8.78 Å². The average Bonchev–Trinajstić information content (AvgIpc) is 2.30. The summed E-state index contributed by atoms with van der Waals surface area (Å²) in [6.07, 6.45) is -3.11. The number of hydrogen-bond acceptors (Lipinski definition) is 5. The van der Waals surface area contributed by atoms with Crippen molar-refractivity contribution in [1.29, 1.82) is 0 Å². The van der Waals surface area contributed by atoms with Gasteiger partial charge in [0.15, 0.2) is 0 Å². The predicted octanol–water partition coefficient (Wildman–Crippen LogP) is 0.899. The van der Waals surface area contributed by atoms with Gasteiger partial charge in [-0.05, 0) is 6.07 Å². The predicted molar refractivity (Wildman–Crippen MR) is 54.5 cm³/mol. The zero-order chi connectivity index (χ0) is 13.0. The monoisotopic (exact) mass is 246 g/mol. The van der Waals surface area contributed by atoms with Crippen molar-refractivity contribution in [2.75, 3.05) is 7.11 Å². The number of halogens is 2. The maximum absolute atomic E-state index is 12.6. The Kier molecular flexibility index (Phi) is 4.33. The largest absolute Gasteiger partial charge is 0.505 e. The molecule has 0 radical (unpaired) electrons. The molecule has 7 heteroatoms. The number of nitrogens with two attached hydrogens (primary N) is 1. The molecule has 5 nitrogen and oxygen atoms in total. The van der Waals surface area contributed by atoms with Gasteiger partial charge in [-0.25, -0.2) is 8.78 Å². The molecule has 0 bridgehead atoms. The summed E-state index contributed by atoms with van der Waals surface area (Å²) in [5, 5.41) is 9.44. The normalized spacial score (nSPS) is 10.6. The van der Waals surface area contributed by atoms with Crippen LogP contribution in [0.15, 0.2) is 6.07 Å². The molecule has 1 rings (SSSR count). The fourth-order valence-electron chi connectivity index (χ4n) is 1.29. The van der Waals surface area contributed by atoms with Gasteiger partial charge in [0.25, 0.3) is 6.43 Å². The number of nitrogens with zero attached hydrogens (tertiary/aromatic N) is 1. The first-order chi connectivity index (χ1) is 7.99. The Labute approximate surface area is 96.2 Å². The first-order valence-corrected chi connectivity index (χ1v) is 4.76. The summed E-state index contributed by atoms with van der Waals surface area (Å²) < 4.78 is 29.6. The number of esters is 1. The Hall–Kier alpha value is -1.76.